The molecule has 1 atom stereocenters. The zero-order chi connectivity index (χ0) is 36.1. The topological polar surface area (TPSA) is 23.8 Å². The number of thiophene rings is 1. The molecule has 1 nitrogen and oxygen atoms in total. The summed E-state index contributed by atoms with van der Waals surface area (Å²) >= 11 is 1.62. The molecule has 1 unspecified atom stereocenters. The van der Waals surface area contributed by atoms with Crippen molar-refractivity contribution in [1.29, 1.82) is 5.26 Å². The van der Waals surface area contributed by atoms with E-state index in [1.165, 1.54) is 110 Å². The predicted octanol–water partition coefficient (Wildman–Crippen LogP) is 13.9. The molecule has 54 heavy (non-hydrogen) atoms. The Hall–Kier alpha value is -6.53. The van der Waals surface area contributed by atoms with Crippen molar-refractivity contribution >= 4 is 32.9 Å². The lowest BCUT2D eigenvalue weighted by molar-refractivity contribution is 0.795. The van der Waals surface area contributed by atoms with E-state index in [4.69, 9.17) is 0 Å². The fraction of sp³-hybridized carbons (Fsp3) is 0.0577. The number of rotatable bonds is 3. The van der Waals surface area contributed by atoms with Crippen LogP contribution in [-0.2, 0) is 5.41 Å². The summed E-state index contributed by atoms with van der Waals surface area (Å²) in [6.07, 6.45) is 0. The maximum Gasteiger partial charge on any atom is 0.110 e. The highest BCUT2D eigenvalue weighted by molar-refractivity contribution is 7.16. The van der Waals surface area contributed by atoms with E-state index in [1.54, 1.807) is 11.3 Å². The Bertz CT molecular complexity index is 3000. The van der Waals surface area contributed by atoms with Gasteiger partial charge in [0, 0.05) is 4.88 Å². The second-order valence-electron chi connectivity index (χ2n) is 14.8. The van der Waals surface area contributed by atoms with E-state index >= 15 is 0 Å². The Labute approximate surface area is 319 Å². The summed E-state index contributed by atoms with van der Waals surface area (Å²) in [5, 5.41) is 15.1. The molecule has 0 aliphatic heterocycles. The Kier molecular flexibility index (Phi) is 6.60. The number of nitriles is 1. The molecule has 9 aromatic rings. The number of nitrogens with zero attached hydrogens (tertiary/aromatic N) is 1. The lowest BCUT2D eigenvalue weighted by Crippen LogP contribution is -2.25. The molecular formula is C52H33NS. The van der Waals surface area contributed by atoms with Crippen LogP contribution < -0.4 is 0 Å². The average Bonchev–Trinajstić information content (AvgIpc) is 3.85. The molecule has 2 heteroatoms. The number of fused-ring (bicyclic) bond motifs is 12. The Morgan fingerprint density at radius 1 is 0.426 bits per heavy atom. The number of hydrogen-bond acceptors (Lipinski definition) is 2. The first kappa shape index (κ1) is 31.0. The maximum atomic E-state index is 10.1. The Morgan fingerprint density at radius 3 is 1.59 bits per heavy atom. The van der Waals surface area contributed by atoms with Gasteiger partial charge < -0.3 is 0 Å². The highest BCUT2D eigenvalue weighted by Crippen LogP contribution is 2.65. The van der Waals surface area contributed by atoms with Gasteiger partial charge in [-0.15, -0.1) is 11.3 Å². The first-order chi connectivity index (χ1) is 26.6. The summed E-state index contributed by atoms with van der Waals surface area (Å²) in [5.41, 5.74) is 18.4. The van der Waals surface area contributed by atoms with Gasteiger partial charge in [-0.25, -0.2) is 0 Å². The normalized spacial score (nSPS) is 14.9. The number of aryl methyl sites for hydroxylation is 2. The van der Waals surface area contributed by atoms with E-state index in [-0.39, 0.29) is 0 Å². The minimum absolute atomic E-state index is 0.497. The molecule has 0 fully saturated rings. The van der Waals surface area contributed by atoms with E-state index in [1.807, 2.05) is 0 Å². The first-order valence-electron chi connectivity index (χ1n) is 18.6. The van der Waals surface area contributed by atoms with E-state index in [0.29, 0.717) is 0 Å². The highest BCUT2D eigenvalue weighted by atomic mass is 32.1. The minimum Gasteiger partial charge on any atom is -0.192 e. The van der Waals surface area contributed by atoms with Crippen LogP contribution in [0.3, 0.4) is 0 Å². The van der Waals surface area contributed by atoms with Crippen molar-refractivity contribution in [2.75, 3.05) is 0 Å². The SMILES string of the molecule is Cc1cc(C)cc(-c2ccc(-c3c4ccccc4c(-c4cccc5c4-c4ccccc4C54c5ccccc5-c5sc(C#N)cc54)c4ccccc34)cc2)c1. The smallest absolute Gasteiger partial charge is 0.110 e. The van der Waals surface area contributed by atoms with Crippen LogP contribution in [0, 0.1) is 25.2 Å². The molecular weight excluding hydrogens is 671 g/mol. The third-order valence-corrected chi connectivity index (χ3v) is 12.9. The quantitative estimate of drug-likeness (QED) is 0.168. The third-order valence-electron chi connectivity index (χ3n) is 11.8. The molecule has 0 saturated carbocycles. The van der Waals surface area contributed by atoms with Gasteiger partial charge >= 0.3 is 0 Å². The molecule has 0 radical (unpaired) electrons. The van der Waals surface area contributed by atoms with Gasteiger partial charge in [0.15, 0.2) is 0 Å². The van der Waals surface area contributed by atoms with E-state index in [9.17, 15) is 5.26 Å². The van der Waals surface area contributed by atoms with Crippen LogP contribution in [0.15, 0.2) is 164 Å². The van der Waals surface area contributed by atoms with E-state index in [2.05, 4.69) is 184 Å². The summed E-state index contributed by atoms with van der Waals surface area (Å²) in [6, 6.07) is 63.2. The molecule has 0 bridgehead atoms. The van der Waals surface area contributed by atoms with Crippen molar-refractivity contribution in [3.8, 4) is 61.0 Å². The Morgan fingerprint density at radius 2 is 0.944 bits per heavy atom. The van der Waals surface area contributed by atoms with Crippen LogP contribution in [0.4, 0.5) is 0 Å². The molecule has 11 rings (SSSR count). The summed E-state index contributed by atoms with van der Waals surface area (Å²) in [5.74, 6) is 0. The molecule has 1 spiro atoms. The maximum absolute atomic E-state index is 10.1. The highest BCUT2D eigenvalue weighted by Gasteiger charge is 2.53. The van der Waals surface area contributed by atoms with E-state index < -0.39 is 5.41 Å². The number of benzene rings is 8. The van der Waals surface area contributed by atoms with Crippen LogP contribution in [0.1, 0.15) is 38.3 Å². The second-order valence-corrected chi connectivity index (χ2v) is 15.9. The van der Waals surface area contributed by atoms with Gasteiger partial charge in [0.05, 0.1) is 5.41 Å². The standard InChI is InChI=1S/C52H33NS/c1-31-26-32(2)28-35(27-31)33-22-24-34(25-23-33)48-37-12-3-5-14-39(37)49(40-15-6-4-13-38(40)48)43-18-11-21-46-50(43)41-16-7-9-19-44(41)52(46)45-20-10-8-17-42(45)51-47(52)29-36(30-53)54-51/h3-29H,1-2H3. The minimum atomic E-state index is -0.497. The zero-order valence-corrected chi connectivity index (χ0v) is 30.8. The molecule has 1 heterocycles. The van der Waals surface area contributed by atoms with Crippen molar-refractivity contribution in [3.63, 3.8) is 0 Å². The number of hydrogen-bond donors (Lipinski definition) is 0. The summed E-state index contributed by atoms with van der Waals surface area (Å²) in [7, 11) is 0. The van der Waals surface area contributed by atoms with Crippen LogP contribution in [-0.4, -0.2) is 0 Å². The lowest BCUT2D eigenvalue weighted by atomic mass is 9.70. The van der Waals surface area contributed by atoms with Crippen molar-refractivity contribution in [2.45, 2.75) is 19.3 Å². The average molecular weight is 704 g/mol. The molecule has 0 N–H and O–H groups in total. The van der Waals surface area contributed by atoms with Crippen molar-refractivity contribution in [1.82, 2.24) is 0 Å². The van der Waals surface area contributed by atoms with Gasteiger partial charge in [-0.05, 0) is 114 Å². The van der Waals surface area contributed by atoms with Gasteiger partial charge in [-0.2, -0.15) is 5.26 Å². The molecule has 1 aromatic heterocycles. The molecule has 0 saturated heterocycles. The van der Waals surface area contributed by atoms with Crippen molar-refractivity contribution in [3.05, 3.63) is 202 Å². The van der Waals surface area contributed by atoms with Crippen LogP contribution in [0.25, 0.3) is 76.5 Å². The summed E-state index contributed by atoms with van der Waals surface area (Å²) in [6.45, 7) is 4.34. The summed E-state index contributed by atoms with van der Waals surface area (Å²) in [4.78, 5) is 1.96. The van der Waals surface area contributed by atoms with Gasteiger partial charge in [0.1, 0.15) is 10.9 Å². The van der Waals surface area contributed by atoms with Crippen LogP contribution in [0.5, 0.6) is 0 Å². The lowest BCUT2D eigenvalue weighted by Gasteiger charge is -2.30. The summed E-state index contributed by atoms with van der Waals surface area (Å²) < 4.78 is 0. The molecule has 8 aromatic carbocycles. The fourth-order valence-corrected chi connectivity index (χ4v) is 10.9. The molecule has 2 aliphatic carbocycles. The fourth-order valence-electron chi connectivity index (χ4n) is 9.90. The second kappa shape index (κ2) is 11.5. The molecule has 2 aliphatic rings. The third kappa shape index (κ3) is 4.13. The van der Waals surface area contributed by atoms with Crippen molar-refractivity contribution in [2.24, 2.45) is 0 Å². The van der Waals surface area contributed by atoms with Gasteiger partial charge in [-0.3, -0.25) is 0 Å². The first-order valence-corrected chi connectivity index (χ1v) is 19.4. The predicted molar refractivity (Wildman–Crippen MR) is 226 cm³/mol. The molecule has 252 valence electrons. The molecule has 0 amide bonds. The van der Waals surface area contributed by atoms with Crippen LogP contribution >= 0.6 is 11.3 Å². The monoisotopic (exact) mass is 703 g/mol. The Balaban J connectivity index is 1.20. The zero-order valence-electron chi connectivity index (χ0n) is 29.9. The largest absolute Gasteiger partial charge is 0.192 e. The van der Waals surface area contributed by atoms with Crippen molar-refractivity contribution < 1.29 is 0 Å². The van der Waals surface area contributed by atoms with Gasteiger partial charge in [0.2, 0.25) is 0 Å². The van der Waals surface area contributed by atoms with Gasteiger partial charge in [-0.1, -0.05) is 169 Å². The van der Waals surface area contributed by atoms with Gasteiger partial charge in [0.25, 0.3) is 0 Å². The van der Waals surface area contributed by atoms with Crippen LogP contribution in [0.2, 0.25) is 0 Å². The van der Waals surface area contributed by atoms with E-state index in [0.717, 1.165) is 4.88 Å².